The molecule has 0 saturated heterocycles. The third-order valence-corrected chi connectivity index (χ3v) is 5.05. The topological polar surface area (TPSA) is 78.5 Å². The molecular weight excluding hydrogens is 348 g/mol. The summed E-state index contributed by atoms with van der Waals surface area (Å²) in [7, 11) is 0.763. The van der Waals surface area contributed by atoms with Gasteiger partial charge >= 0.3 is 0 Å². The van der Waals surface area contributed by atoms with Crippen LogP contribution in [-0.2, 0) is 35.8 Å². The van der Waals surface area contributed by atoms with Crippen molar-refractivity contribution in [3.8, 4) is 5.69 Å². The summed E-state index contributed by atoms with van der Waals surface area (Å²) in [6, 6.07) is 7.28. The van der Waals surface area contributed by atoms with Gasteiger partial charge in [-0.25, -0.2) is 4.68 Å². The van der Waals surface area contributed by atoms with E-state index in [4.69, 9.17) is 11.6 Å². The van der Waals surface area contributed by atoms with E-state index >= 15 is 0 Å². The third kappa shape index (κ3) is 3.70. The summed E-state index contributed by atoms with van der Waals surface area (Å²) in [6.45, 7) is 2.01. The molecule has 0 saturated carbocycles. The van der Waals surface area contributed by atoms with Crippen molar-refractivity contribution in [2.75, 3.05) is 0 Å². The smallest absolute Gasteiger partial charge is 0.145 e. The van der Waals surface area contributed by atoms with Crippen molar-refractivity contribution in [2.45, 2.75) is 24.9 Å². The van der Waals surface area contributed by atoms with E-state index in [1.165, 1.54) is 0 Å². The Morgan fingerprint density at radius 3 is 2.46 bits per heavy atom. The van der Waals surface area contributed by atoms with Crippen molar-refractivity contribution < 1.29 is 4.21 Å². The summed E-state index contributed by atoms with van der Waals surface area (Å²) in [5, 5.41) is 17.0. The van der Waals surface area contributed by atoms with Crippen LogP contribution in [0.1, 0.15) is 24.3 Å². The molecule has 24 heavy (non-hydrogen) atoms. The monoisotopic (exact) mass is 364 g/mol. The fourth-order valence-electron chi connectivity index (χ4n) is 2.28. The summed E-state index contributed by atoms with van der Waals surface area (Å²) in [5.74, 6) is 2.27. The highest BCUT2D eigenvalue weighted by atomic mass is 35.5. The first-order valence-corrected chi connectivity index (χ1v) is 9.32. The molecule has 1 aromatic carbocycles. The Kier molecular flexibility index (Phi) is 5.06. The molecule has 0 aliphatic heterocycles. The van der Waals surface area contributed by atoms with Crippen LogP contribution >= 0.6 is 11.6 Å². The molecule has 3 aromatic rings. The molecule has 7 nitrogen and oxygen atoms in total. The highest BCUT2D eigenvalue weighted by Crippen LogP contribution is 2.13. The number of halogens is 1. The first-order valence-electron chi connectivity index (χ1n) is 7.46. The number of rotatable bonds is 6. The van der Waals surface area contributed by atoms with Crippen LogP contribution in [0.15, 0.2) is 30.5 Å². The predicted molar refractivity (Wildman–Crippen MR) is 92.3 cm³/mol. The normalized spacial score (nSPS) is 12.5. The van der Waals surface area contributed by atoms with Crippen molar-refractivity contribution in [3.63, 3.8) is 0 Å². The van der Waals surface area contributed by atoms with E-state index in [1.807, 2.05) is 30.7 Å². The molecule has 9 heteroatoms. The number of nitrogens with zero attached hydrogens (tertiary/aromatic N) is 6. The van der Waals surface area contributed by atoms with Crippen molar-refractivity contribution >= 4 is 22.4 Å². The van der Waals surface area contributed by atoms with Gasteiger partial charge in [0.25, 0.3) is 0 Å². The molecule has 0 aliphatic carbocycles. The molecule has 0 bridgehead atoms. The lowest BCUT2D eigenvalue weighted by Crippen LogP contribution is -2.07. The molecule has 1 atom stereocenters. The summed E-state index contributed by atoms with van der Waals surface area (Å²) < 4.78 is 15.9. The number of aryl methyl sites for hydroxylation is 1. The minimum Gasteiger partial charge on any atom is -0.317 e. The minimum absolute atomic E-state index is 0.321. The van der Waals surface area contributed by atoms with Gasteiger partial charge in [0.2, 0.25) is 0 Å². The second kappa shape index (κ2) is 7.23. The third-order valence-electron chi connectivity index (χ3n) is 3.60. The molecule has 2 aromatic heterocycles. The molecule has 0 N–H and O–H groups in total. The highest BCUT2D eigenvalue weighted by Gasteiger charge is 2.13. The Morgan fingerprint density at radius 1 is 1.08 bits per heavy atom. The molecule has 0 spiro atoms. The molecule has 0 fully saturated rings. The summed E-state index contributed by atoms with van der Waals surface area (Å²) in [4.78, 5) is 0. The van der Waals surface area contributed by atoms with E-state index in [0.717, 1.165) is 23.8 Å². The maximum Gasteiger partial charge on any atom is 0.145 e. The maximum absolute atomic E-state index is 12.4. The molecule has 126 valence electrons. The minimum atomic E-state index is -1.13. The van der Waals surface area contributed by atoms with Gasteiger partial charge in [0.05, 0.1) is 29.1 Å². The van der Waals surface area contributed by atoms with Crippen LogP contribution in [0.5, 0.6) is 0 Å². The second-order valence-corrected chi connectivity index (χ2v) is 7.20. The van der Waals surface area contributed by atoms with Gasteiger partial charge in [-0.2, -0.15) is 0 Å². The molecule has 0 amide bonds. The predicted octanol–water partition coefficient (Wildman–Crippen LogP) is 2.06. The van der Waals surface area contributed by atoms with Crippen LogP contribution in [0.3, 0.4) is 0 Å². The molecular formula is C15H17ClN6OS. The number of benzene rings is 1. The fourth-order valence-corrected chi connectivity index (χ4v) is 3.51. The maximum atomic E-state index is 12.4. The molecule has 0 unspecified atom stereocenters. The van der Waals surface area contributed by atoms with Crippen LogP contribution in [-0.4, -0.2) is 34.0 Å². The van der Waals surface area contributed by atoms with Crippen molar-refractivity contribution in [2.24, 2.45) is 7.05 Å². The fraction of sp³-hybridized carbons (Fsp3) is 0.333. The quantitative estimate of drug-likeness (QED) is 0.669. The second-order valence-electron chi connectivity index (χ2n) is 5.30. The zero-order valence-corrected chi connectivity index (χ0v) is 15.0. The average molecular weight is 365 g/mol. The van der Waals surface area contributed by atoms with E-state index in [2.05, 4.69) is 20.5 Å². The lowest BCUT2D eigenvalue weighted by atomic mass is 10.3. The standard InChI is InChI=1S/C15H17ClN6OS/c1-3-14-18-19-15(21(14)2)10-24(23)9-12-8-22(20-17-12)13-6-4-11(16)5-7-13/h4-8H,3,9-10H2,1-2H3/t24-/m1/s1. The van der Waals surface area contributed by atoms with E-state index in [1.54, 1.807) is 23.0 Å². The van der Waals surface area contributed by atoms with Crippen LogP contribution in [0.25, 0.3) is 5.69 Å². The molecule has 0 radical (unpaired) electrons. The Balaban J connectivity index is 1.66. The zero-order chi connectivity index (χ0) is 17.1. The zero-order valence-electron chi connectivity index (χ0n) is 13.4. The van der Waals surface area contributed by atoms with Gasteiger partial charge in [-0.05, 0) is 24.3 Å². The van der Waals surface area contributed by atoms with Gasteiger partial charge < -0.3 is 4.57 Å². The van der Waals surface area contributed by atoms with Gasteiger partial charge in [-0.1, -0.05) is 23.7 Å². The van der Waals surface area contributed by atoms with Crippen molar-refractivity contribution in [1.29, 1.82) is 0 Å². The summed E-state index contributed by atoms with van der Waals surface area (Å²) >= 11 is 5.88. The van der Waals surface area contributed by atoms with Gasteiger partial charge in [0.1, 0.15) is 11.6 Å². The van der Waals surface area contributed by atoms with Gasteiger partial charge in [-0.15, -0.1) is 15.3 Å². The van der Waals surface area contributed by atoms with Crippen LogP contribution in [0.2, 0.25) is 5.02 Å². The van der Waals surface area contributed by atoms with E-state index in [9.17, 15) is 4.21 Å². The van der Waals surface area contributed by atoms with Crippen LogP contribution < -0.4 is 0 Å². The number of hydrogen-bond acceptors (Lipinski definition) is 5. The summed E-state index contributed by atoms with van der Waals surface area (Å²) in [5.41, 5.74) is 1.52. The van der Waals surface area contributed by atoms with E-state index < -0.39 is 10.8 Å². The van der Waals surface area contributed by atoms with Gasteiger partial charge in [-0.3, -0.25) is 4.21 Å². The Labute approximate surface area is 147 Å². The van der Waals surface area contributed by atoms with Gasteiger partial charge in [0, 0.05) is 29.3 Å². The first kappa shape index (κ1) is 16.8. The molecule has 0 aliphatic rings. The van der Waals surface area contributed by atoms with Crippen molar-refractivity contribution in [1.82, 2.24) is 29.8 Å². The molecule has 2 heterocycles. The molecule has 3 rings (SSSR count). The van der Waals surface area contributed by atoms with Crippen LogP contribution in [0, 0.1) is 0 Å². The lowest BCUT2D eigenvalue weighted by Gasteiger charge is -2.02. The van der Waals surface area contributed by atoms with E-state index in [-0.39, 0.29) is 0 Å². The highest BCUT2D eigenvalue weighted by molar-refractivity contribution is 7.83. The van der Waals surface area contributed by atoms with Crippen molar-refractivity contribution in [3.05, 3.63) is 52.8 Å². The summed E-state index contributed by atoms with van der Waals surface area (Å²) in [6.07, 6.45) is 2.57. The lowest BCUT2D eigenvalue weighted by molar-refractivity contribution is 0.677. The number of aromatic nitrogens is 6. The number of hydrogen-bond donors (Lipinski definition) is 0. The first-order chi connectivity index (χ1) is 11.6. The van der Waals surface area contributed by atoms with Gasteiger partial charge in [0.15, 0.2) is 0 Å². The Hall–Kier alpha value is -2.06. The van der Waals surface area contributed by atoms with E-state index in [0.29, 0.717) is 22.2 Å². The Morgan fingerprint density at radius 2 is 1.79 bits per heavy atom. The SMILES string of the molecule is CCc1nnc(C[S@](=O)Cc2cn(-c3ccc(Cl)cc3)nn2)n1C. The Bertz CT molecular complexity index is 857. The largest absolute Gasteiger partial charge is 0.317 e. The van der Waals surface area contributed by atoms with Crippen LogP contribution in [0.4, 0.5) is 0 Å². The average Bonchev–Trinajstić information content (AvgIpc) is 3.16.